The standard InChI is InChI=1S/C31H50/c1-8-26-25(24-14-31(26)16-27(31)22(6)19(3)11-20(24)4)15-30-13-23(12-21(30)5)18(2)9-10-29(7)17-28(29)30/h14,18-23,25-28H,8-13,15-17H2,1-7H3. The Morgan fingerprint density at radius 1 is 0.968 bits per heavy atom. The highest BCUT2D eigenvalue weighted by molar-refractivity contribution is 5.35. The van der Waals surface area contributed by atoms with Crippen molar-refractivity contribution in [2.24, 2.45) is 75.4 Å². The highest BCUT2D eigenvalue weighted by Gasteiger charge is 2.69. The predicted molar refractivity (Wildman–Crippen MR) is 132 cm³/mol. The Hall–Kier alpha value is -0.260. The van der Waals surface area contributed by atoms with Gasteiger partial charge in [0.25, 0.3) is 0 Å². The van der Waals surface area contributed by atoms with Crippen LogP contribution in [0.15, 0.2) is 11.6 Å². The molecule has 0 aromatic carbocycles. The summed E-state index contributed by atoms with van der Waals surface area (Å²) in [6, 6.07) is 0. The van der Waals surface area contributed by atoms with Crippen molar-refractivity contribution < 1.29 is 0 Å². The zero-order chi connectivity index (χ0) is 21.9. The van der Waals surface area contributed by atoms with Crippen LogP contribution >= 0.6 is 0 Å². The largest absolute Gasteiger partial charge is 0.0779 e. The van der Waals surface area contributed by atoms with Gasteiger partial charge in [-0.3, -0.25) is 0 Å². The molecule has 0 amide bonds. The minimum Gasteiger partial charge on any atom is -0.0779 e. The van der Waals surface area contributed by atoms with Gasteiger partial charge in [0.15, 0.2) is 0 Å². The van der Waals surface area contributed by atoms with Gasteiger partial charge in [0.2, 0.25) is 0 Å². The minimum atomic E-state index is 0.608. The quantitative estimate of drug-likeness (QED) is 0.399. The molecule has 4 saturated carbocycles. The van der Waals surface area contributed by atoms with E-state index in [2.05, 4.69) is 54.5 Å². The molecule has 174 valence electrons. The first-order valence-corrected chi connectivity index (χ1v) is 14.4. The van der Waals surface area contributed by atoms with Gasteiger partial charge in [-0.15, -0.1) is 0 Å². The second-order valence-corrected chi connectivity index (χ2v) is 14.6. The van der Waals surface area contributed by atoms with E-state index in [4.69, 9.17) is 0 Å². The monoisotopic (exact) mass is 422 g/mol. The van der Waals surface area contributed by atoms with E-state index in [9.17, 15) is 0 Å². The molecule has 0 nitrogen and oxygen atoms in total. The van der Waals surface area contributed by atoms with Gasteiger partial charge in [-0.05, 0) is 127 Å². The van der Waals surface area contributed by atoms with E-state index in [1.165, 1.54) is 38.5 Å². The summed E-state index contributed by atoms with van der Waals surface area (Å²) in [6.07, 6.45) is 16.6. The van der Waals surface area contributed by atoms with Crippen molar-refractivity contribution >= 4 is 0 Å². The van der Waals surface area contributed by atoms with Crippen LogP contribution in [0.1, 0.15) is 106 Å². The van der Waals surface area contributed by atoms with Crippen LogP contribution in [0.25, 0.3) is 0 Å². The molecular weight excluding hydrogens is 372 g/mol. The molecular formula is C31H50. The van der Waals surface area contributed by atoms with Crippen molar-refractivity contribution in [1.82, 2.24) is 0 Å². The van der Waals surface area contributed by atoms with Crippen molar-refractivity contribution in [2.75, 3.05) is 0 Å². The van der Waals surface area contributed by atoms with E-state index in [0.29, 0.717) is 16.2 Å². The fourth-order valence-electron chi connectivity index (χ4n) is 11.0. The Morgan fingerprint density at radius 2 is 1.74 bits per heavy atom. The van der Waals surface area contributed by atoms with E-state index in [0.717, 1.165) is 59.2 Å². The first kappa shape index (κ1) is 21.3. The second kappa shape index (κ2) is 6.66. The summed E-state index contributed by atoms with van der Waals surface area (Å²) >= 11 is 0. The molecule has 0 N–H and O–H groups in total. The molecule has 0 heterocycles. The molecule has 6 aliphatic carbocycles. The molecule has 6 aliphatic rings. The van der Waals surface area contributed by atoms with Gasteiger partial charge in [-0.25, -0.2) is 0 Å². The van der Waals surface area contributed by atoms with Gasteiger partial charge in [0, 0.05) is 0 Å². The Bertz CT molecular complexity index is 777. The number of allylic oxidation sites excluding steroid dienone is 2. The van der Waals surface area contributed by atoms with Gasteiger partial charge < -0.3 is 0 Å². The van der Waals surface area contributed by atoms with Gasteiger partial charge in [-0.1, -0.05) is 66.5 Å². The van der Waals surface area contributed by atoms with Crippen molar-refractivity contribution in [1.29, 1.82) is 0 Å². The third-order valence-electron chi connectivity index (χ3n) is 13.3. The molecule has 13 unspecified atom stereocenters. The highest BCUT2D eigenvalue weighted by Crippen LogP contribution is 2.77. The lowest BCUT2D eigenvalue weighted by atomic mass is 9.61. The second-order valence-electron chi connectivity index (χ2n) is 14.6. The predicted octanol–water partition coefficient (Wildman–Crippen LogP) is 8.77. The molecule has 0 saturated heterocycles. The summed E-state index contributed by atoms with van der Waals surface area (Å²) in [5.41, 5.74) is 3.91. The Kier molecular flexibility index (Phi) is 4.57. The van der Waals surface area contributed by atoms with Gasteiger partial charge in [0.05, 0.1) is 0 Å². The lowest BCUT2D eigenvalue weighted by Crippen LogP contribution is -2.35. The van der Waals surface area contributed by atoms with Crippen LogP contribution in [-0.4, -0.2) is 0 Å². The van der Waals surface area contributed by atoms with Crippen LogP contribution in [0.2, 0.25) is 0 Å². The summed E-state index contributed by atoms with van der Waals surface area (Å²) in [4.78, 5) is 0. The molecule has 0 radical (unpaired) electrons. The molecule has 0 aromatic rings. The third kappa shape index (κ3) is 2.78. The van der Waals surface area contributed by atoms with E-state index < -0.39 is 0 Å². The lowest BCUT2D eigenvalue weighted by Gasteiger charge is -2.43. The van der Waals surface area contributed by atoms with Crippen LogP contribution in [-0.2, 0) is 0 Å². The maximum atomic E-state index is 2.94. The average molecular weight is 423 g/mol. The molecule has 0 heteroatoms. The first-order chi connectivity index (χ1) is 14.6. The average Bonchev–Trinajstić information content (AvgIpc) is 3.53. The van der Waals surface area contributed by atoms with E-state index in [1.54, 1.807) is 19.3 Å². The van der Waals surface area contributed by atoms with Crippen LogP contribution in [0, 0.1) is 75.4 Å². The Balaban J connectivity index is 1.37. The third-order valence-corrected chi connectivity index (χ3v) is 13.3. The van der Waals surface area contributed by atoms with Crippen molar-refractivity contribution in [3.05, 3.63) is 11.6 Å². The first-order valence-electron chi connectivity index (χ1n) is 14.4. The number of hydrogen-bond donors (Lipinski definition) is 0. The zero-order valence-corrected chi connectivity index (χ0v) is 21.7. The summed E-state index contributed by atoms with van der Waals surface area (Å²) < 4.78 is 0. The van der Waals surface area contributed by atoms with Crippen LogP contribution in [0.4, 0.5) is 0 Å². The molecule has 0 aliphatic heterocycles. The highest BCUT2D eigenvalue weighted by atomic mass is 14.7. The molecule has 4 fully saturated rings. The molecule has 4 bridgehead atoms. The van der Waals surface area contributed by atoms with Gasteiger partial charge >= 0.3 is 0 Å². The summed E-state index contributed by atoms with van der Waals surface area (Å²) in [7, 11) is 0. The molecule has 31 heavy (non-hydrogen) atoms. The van der Waals surface area contributed by atoms with Crippen LogP contribution in [0.5, 0.6) is 0 Å². The van der Waals surface area contributed by atoms with Crippen molar-refractivity contribution in [3.63, 3.8) is 0 Å². The van der Waals surface area contributed by atoms with E-state index in [-0.39, 0.29) is 0 Å². The van der Waals surface area contributed by atoms with E-state index in [1.807, 2.05) is 5.57 Å². The number of rotatable bonds is 3. The topological polar surface area (TPSA) is 0 Å². The number of fused-ring (bicyclic) bond motifs is 4. The summed E-state index contributed by atoms with van der Waals surface area (Å²) in [5, 5.41) is 0. The smallest absolute Gasteiger partial charge is 0.00473 e. The maximum Gasteiger partial charge on any atom is -0.00473 e. The normalized spacial score (nSPS) is 62.0. The molecule has 13 atom stereocenters. The van der Waals surface area contributed by atoms with E-state index >= 15 is 0 Å². The fraction of sp³-hybridized carbons (Fsp3) is 0.935. The maximum absolute atomic E-state index is 2.94. The van der Waals surface area contributed by atoms with Crippen LogP contribution in [0.3, 0.4) is 0 Å². The fourth-order valence-corrected chi connectivity index (χ4v) is 11.0. The van der Waals surface area contributed by atoms with Gasteiger partial charge in [0.1, 0.15) is 0 Å². The van der Waals surface area contributed by atoms with Gasteiger partial charge in [-0.2, -0.15) is 0 Å². The summed E-state index contributed by atoms with van der Waals surface area (Å²) in [6.45, 7) is 18.3. The molecule has 1 spiro atoms. The SMILES string of the molecule is CCC1C(CC23CC(CC2C)C(C)CCC2(C)CC23)C2=CC13CC3C(C)C(C)CC2C. The van der Waals surface area contributed by atoms with Crippen molar-refractivity contribution in [3.8, 4) is 0 Å². The van der Waals surface area contributed by atoms with Crippen LogP contribution < -0.4 is 0 Å². The minimum absolute atomic E-state index is 0.608. The summed E-state index contributed by atoms with van der Waals surface area (Å²) in [5.74, 6) is 9.48. The molecule has 6 rings (SSSR count). The Labute approximate surface area is 193 Å². The zero-order valence-electron chi connectivity index (χ0n) is 21.7. The Morgan fingerprint density at radius 3 is 2.48 bits per heavy atom. The lowest BCUT2D eigenvalue weighted by molar-refractivity contribution is 0.0735. The molecule has 0 aromatic heterocycles. The number of hydrogen-bond acceptors (Lipinski definition) is 0. The van der Waals surface area contributed by atoms with Crippen molar-refractivity contribution in [2.45, 2.75) is 106 Å².